The molecule has 1 aromatic carbocycles. The predicted octanol–water partition coefficient (Wildman–Crippen LogP) is 2.42. The molecule has 0 saturated heterocycles. The van der Waals surface area contributed by atoms with Crippen LogP contribution in [0.3, 0.4) is 0 Å². The molecule has 1 aromatic rings. The lowest BCUT2D eigenvalue weighted by Crippen LogP contribution is -2.40. The summed E-state index contributed by atoms with van der Waals surface area (Å²) in [4.78, 5) is 25.6. The number of amides is 2. The average molecular weight is 304 g/mol. The number of nitrogens with one attached hydrogen (secondary N) is 1. The Hall–Kier alpha value is -2.04. The molecule has 0 spiro atoms. The first-order chi connectivity index (χ1) is 10.5. The van der Waals surface area contributed by atoms with E-state index in [1.54, 1.807) is 4.90 Å². The van der Waals surface area contributed by atoms with Crippen LogP contribution in [0.5, 0.6) is 5.75 Å². The van der Waals surface area contributed by atoms with Gasteiger partial charge in [0.1, 0.15) is 5.75 Å². The van der Waals surface area contributed by atoms with Gasteiger partial charge < -0.3 is 15.0 Å². The van der Waals surface area contributed by atoms with Gasteiger partial charge in [-0.15, -0.1) is 0 Å². The van der Waals surface area contributed by atoms with E-state index in [0.717, 1.165) is 23.4 Å². The van der Waals surface area contributed by atoms with Crippen molar-refractivity contribution in [3.8, 4) is 5.75 Å². The highest BCUT2D eigenvalue weighted by Gasteiger charge is 2.25. The zero-order chi connectivity index (χ0) is 16.1. The Morgan fingerprint density at radius 1 is 1.45 bits per heavy atom. The van der Waals surface area contributed by atoms with Gasteiger partial charge >= 0.3 is 0 Å². The maximum Gasteiger partial charge on any atom is 0.265 e. The van der Waals surface area contributed by atoms with Crippen molar-refractivity contribution in [3.05, 3.63) is 23.8 Å². The van der Waals surface area contributed by atoms with Crippen LogP contribution in [0.25, 0.3) is 0 Å². The number of hydrogen-bond donors (Lipinski definition) is 1. The van der Waals surface area contributed by atoms with Crippen LogP contribution in [0, 0.1) is 6.92 Å². The fraction of sp³-hybridized carbons (Fsp3) is 0.529. The van der Waals surface area contributed by atoms with Crippen molar-refractivity contribution in [3.63, 3.8) is 0 Å². The van der Waals surface area contributed by atoms with Crippen molar-refractivity contribution >= 4 is 17.5 Å². The van der Waals surface area contributed by atoms with Gasteiger partial charge in [0, 0.05) is 19.0 Å². The SMILES string of the molecule is CCC(C)NC(=O)CCCN1C(=O)COc2ccc(C)cc21. The van der Waals surface area contributed by atoms with Crippen LogP contribution >= 0.6 is 0 Å². The van der Waals surface area contributed by atoms with Gasteiger partial charge in [0.05, 0.1) is 5.69 Å². The topological polar surface area (TPSA) is 58.6 Å². The lowest BCUT2D eigenvalue weighted by molar-refractivity contribution is -0.123. The molecule has 22 heavy (non-hydrogen) atoms. The van der Waals surface area contributed by atoms with Crippen LogP contribution in [0.4, 0.5) is 5.69 Å². The third-order valence-corrected chi connectivity index (χ3v) is 3.86. The summed E-state index contributed by atoms with van der Waals surface area (Å²) in [6.07, 6.45) is 1.98. The summed E-state index contributed by atoms with van der Waals surface area (Å²) in [5.74, 6) is 0.717. The van der Waals surface area contributed by atoms with Gasteiger partial charge in [-0.05, 0) is 44.4 Å². The van der Waals surface area contributed by atoms with Gasteiger partial charge in [0.15, 0.2) is 6.61 Å². The normalized spacial score (nSPS) is 15.0. The predicted molar refractivity (Wildman–Crippen MR) is 86.2 cm³/mol. The number of benzene rings is 1. The van der Waals surface area contributed by atoms with E-state index < -0.39 is 0 Å². The highest BCUT2D eigenvalue weighted by molar-refractivity contribution is 5.97. The number of carbonyl (C=O) groups is 2. The first kappa shape index (κ1) is 16.3. The fourth-order valence-corrected chi connectivity index (χ4v) is 2.40. The molecule has 2 rings (SSSR count). The van der Waals surface area contributed by atoms with Crippen molar-refractivity contribution < 1.29 is 14.3 Å². The molecular weight excluding hydrogens is 280 g/mol. The summed E-state index contributed by atoms with van der Waals surface area (Å²) in [6, 6.07) is 6.00. The number of carbonyl (C=O) groups excluding carboxylic acids is 2. The smallest absolute Gasteiger partial charge is 0.265 e. The van der Waals surface area contributed by atoms with Crippen LogP contribution in [0.2, 0.25) is 0 Å². The number of nitrogens with zero attached hydrogens (tertiary/aromatic N) is 1. The summed E-state index contributed by atoms with van der Waals surface area (Å²) in [7, 11) is 0. The Kier molecular flexibility index (Phi) is 5.41. The number of rotatable bonds is 6. The van der Waals surface area contributed by atoms with E-state index in [1.807, 2.05) is 39.0 Å². The number of aryl methyl sites for hydroxylation is 1. The van der Waals surface area contributed by atoms with E-state index in [2.05, 4.69) is 5.32 Å². The number of hydrogen-bond acceptors (Lipinski definition) is 3. The lowest BCUT2D eigenvalue weighted by Gasteiger charge is -2.29. The van der Waals surface area contributed by atoms with Gasteiger partial charge in [-0.1, -0.05) is 13.0 Å². The van der Waals surface area contributed by atoms with Crippen LogP contribution in [0.15, 0.2) is 18.2 Å². The van der Waals surface area contributed by atoms with Crippen LogP contribution in [-0.2, 0) is 9.59 Å². The Balaban J connectivity index is 1.94. The summed E-state index contributed by atoms with van der Waals surface area (Å²) in [5.41, 5.74) is 1.88. The Morgan fingerprint density at radius 3 is 2.95 bits per heavy atom. The summed E-state index contributed by atoms with van der Waals surface area (Å²) in [6.45, 7) is 6.61. The fourth-order valence-electron chi connectivity index (χ4n) is 2.40. The molecule has 0 aromatic heterocycles. The van der Waals surface area contributed by atoms with Gasteiger partial charge in [0.25, 0.3) is 5.91 Å². The third-order valence-electron chi connectivity index (χ3n) is 3.86. The number of fused-ring (bicyclic) bond motifs is 1. The second-order valence-corrected chi connectivity index (χ2v) is 5.79. The van der Waals surface area contributed by atoms with Gasteiger partial charge in [-0.2, -0.15) is 0 Å². The maximum atomic E-state index is 12.1. The Labute approximate surface area is 131 Å². The lowest BCUT2D eigenvalue weighted by atomic mass is 10.1. The molecule has 1 aliphatic heterocycles. The molecule has 0 radical (unpaired) electrons. The largest absolute Gasteiger partial charge is 0.482 e. The van der Waals surface area contributed by atoms with Crippen molar-refractivity contribution in [2.75, 3.05) is 18.1 Å². The minimum Gasteiger partial charge on any atom is -0.482 e. The number of anilines is 1. The van der Waals surface area contributed by atoms with E-state index >= 15 is 0 Å². The van der Waals surface area contributed by atoms with Crippen molar-refractivity contribution in [1.29, 1.82) is 0 Å². The van der Waals surface area contributed by atoms with Crippen molar-refractivity contribution in [2.45, 2.75) is 46.1 Å². The van der Waals surface area contributed by atoms with Gasteiger partial charge in [-0.3, -0.25) is 9.59 Å². The molecule has 120 valence electrons. The molecule has 1 unspecified atom stereocenters. The summed E-state index contributed by atoms with van der Waals surface area (Å²) >= 11 is 0. The molecule has 0 fully saturated rings. The van der Waals surface area contributed by atoms with E-state index in [0.29, 0.717) is 19.4 Å². The third kappa shape index (κ3) is 4.00. The molecular formula is C17H24N2O3. The van der Waals surface area contributed by atoms with E-state index in [9.17, 15) is 9.59 Å². The minimum atomic E-state index is -0.0552. The first-order valence-corrected chi connectivity index (χ1v) is 7.84. The standard InChI is InChI=1S/C17H24N2O3/c1-4-13(3)18-16(20)6-5-9-19-14-10-12(2)7-8-15(14)22-11-17(19)21/h7-8,10,13H,4-6,9,11H2,1-3H3,(H,18,20). The Bertz CT molecular complexity index is 557. The second-order valence-electron chi connectivity index (χ2n) is 5.79. The molecule has 0 bridgehead atoms. The maximum absolute atomic E-state index is 12.1. The molecule has 5 nitrogen and oxygen atoms in total. The zero-order valence-corrected chi connectivity index (χ0v) is 13.5. The minimum absolute atomic E-state index is 0.0412. The van der Waals surface area contributed by atoms with Gasteiger partial charge in [-0.25, -0.2) is 0 Å². The van der Waals surface area contributed by atoms with Crippen molar-refractivity contribution in [1.82, 2.24) is 5.32 Å². The molecule has 0 aliphatic carbocycles. The summed E-state index contributed by atoms with van der Waals surface area (Å²) in [5, 5.41) is 2.94. The van der Waals surface area contributed by atoms with E-state index in [1.165, 1.54) is 0 Å². The molecule has 5 heteroatoms. The highest BCUT2D eigenvalue weighted by Crippen LogP contribution is 2.32. The van der Waals surface area contributed by atoms with E-state index in [-0.39, 0.29) is 24.5 Å². The molecule has 1 aliphatic rings. The highest BCUT2D eigenvalue weighted by atomic mass is 16.5. The molecule has 2 amide bonds. The first-order valence-electron chi connectivity index (χ1n) is 7.84. The van der Waals surface area contributed by atoms with Crippen LogP contribution in [-0.4, -0.2) is 31.0 Å². The molecule has 1 N–H and O–H groups in total. The monoisotopic (exact) mass is 304 g/mol. The summed E-state index contributed by atoms with van der Waals surface area (Å²) < 4.78 is 5.45. The molecule has 0 saturated carbocycles. The number of ether oxygens (including phenoxy) is 1. The second kappa shape index (κ2) is 7.29. The van der Waals surface area contributed by atoms with Crippen molar-refractivity contribution in [2.24, 2.45) is 0 Å². The molecule has 1 heterocycles. The zero-order valence-electron chi connectivity index (χ0n) is 13.5. The average Bonchev–Trinajstić information content (AvgIpc) is 2.49. The van der Waals surface area contributed by atoms with Crippen LogP contribution in [0.1, 0.15) is 38.7 Å². The Morgan fingerprint density at radius 2 is 2.23 bits per heavy atom. The quantitative estimate of drug-likeness (QED) is 0.878. The van der Waals surface area contributed by atoms with E-state index in [4.69, 9.17) is 4.74 Å². The molecule has 1 atom stereocenters. The van der Waals surface area contributed by atoms with Gasteiger partial charge in [0.2, 0.25) is 5.91 Å². The van der Waals surface area contributed by atoms with Crippen LogP contribution < -0.4 is 15.0 Å².